The van der Waals surface area contributed by atoms with Crippen LogP contribution in [0.3, 0.4) is 0 Å². The van der Waals surface area contributed by atoms with Crippen molar-refractivity contribution in [2.45, 2.75) is 65.1 Å². The highest BCUT2D eigenvalue weighted by atomic mass is 16.5. The van der Waals surface area contributed by atoms with Gasteiger partial charge in [-0.2, -0.15) is 0 Å². The van der Waals surface area contributed by atoms with Gasteiger partial charge in [-0.3, -0.25) is 9.69 Å². The average molecular weight is 395 g/mol. The first kappa shape index (κ1) is 21.4. The first-order valence-electron chi connectivity index (χ1n) is 10.9. The Balaban J connectivity index is 1.58. The number of nitrogens with one attached hydrogen (secondary N) is 1. The second-order valence-corrected chi connectivity index (χ2v) is 8.28. The van der Waals surface area contributed by atoms with Gasteiger partial charge in [-0.25, -0.2) is 0 Å². The topological polar surface area (TPSA) is 41.6 Å². The number of carbonyl (C=O) groups is 1. The molecule has 1 aliphatic heterocycles. The van der Waals surface area contributed by atoms with Crippen LogP contribution in [-0.2, 0) is 17.9 Å². The maximum absolute atomic E-state index is 12.7. The summed E-state index contributed by atoms with van der Waals surface area (Å²) in [6.45, 7) is 9.90. The van der Waals surface area contributed by atoms with Crippen LogP contribution in [0.15, 0.2) is 48.5 Å². The van der Waals surface area contributed by atoms with E-state index in [2.05, 4.69) is 48.3 Å². The maximum Gasteiger partial charge on any atom is 0.261 e. The molecule has 0 bridgehead atoms. The summed E-state index contributed by atoms with van der Waals surface area (Å²) in [4.78, 5) is 15.2. The van der Waals surface area contributed by atoms with Crippen LogP contribution < -0.4 is 10.1 Å². The summed E-state index contributed by atoms with van der Waals surface area (Å²) in [6, 6.07) is 16.4. The molecule has 0 spiro atoms. The predicted octanol–water partition coefficient (Wildman–Crippen LogP) is 4.88. The summed E-state index contributed by atoms with van der Waals surface area (Å²) in [5.74, 6) is 1.05. The molecule has 1 unspecified atom stereocenters. The lowest BCUT2D eigenvalue weighted by Crippen LogP contribution is -2.36. The van der Waals surface area contributed by atoms with Crippen molar-refractivity contribution in [2.24, 2.45) is 0 Å². The quantitative estimate of drug-likeness (QED) is 0.694. The van der Waals surface area contributed by atoms with E-state index in [0.717, 1.165) is 17.9 Å². The highest BCUT2D eigenvalue weighted by molar-refractivity contribution is 5.80. The van der Waals surface area contributed by atoms with E-state index < -0.39 is 6.10 Å². The van der Waals surface area contributed by atoms with E-state index in [1.807, 2.05) is 31.2 Å². The predicted molar refractivity (Wildman–Crippen MR) is 118 cm³/mol. The summed E-state index contributed by atoms with van der Waals surface area (Å²) in [7, 11) is 0. The van der Waals surface area contributed by atoms with Gasteiger partial charge in [0.25, 0.3) is 5.91 Å². The molecule has 4 nitrogen and oxygen atoms in total. The molecule has 4 heteroatoms. The molecule has 1 amide bonds. The van der Waals surface area contributed by atoms with Gasteiger partial charge in [0.1, 0.15) is 5.75 Å². The number of benzene rings is 2. The first-order chi connectivity index (χ1) is 14.0. The third-order valence-corrected chi connectivity index (χ3v) is 5.63. The number of amides is 1. The normalized spacial score (nSPS) is 15.9. The lowest BCUT2D eigenvalue weighted by Gasteiger charge is -2.27. The second-order valence-electron chi connectivity index (χ2n) is 8.28. The molecule has 29 heavy (non-hydrogen) atoms. The molecule has 1 N–H and O–H groups in total. The van der Waals surface area contributed by atoms with Crippen LogP contribution in [0.25, 0.3) is 0 Å². The number of nitrogens with zero attached hydrogens (tertiary/aromatic N) is 1. The highest BCUT2D eigenvalue weighted by Crippen LogP contribution is 2.26. The van der Waals surface area contributed by atoms with E-state index in [0.29, 0.717) is 12.5 Å². The smallest absolute Gasteiger partial charge is 0.261 e. The zero-order chi connectivity index (χ0) is 20.6. The molecule has 0 aliphatic carbocycles. The Morgan fingerprint density at radius 3 is 2.34 bits per heavy atom. The van der Waals surface area contributed by atoms with Gasteiger partial charge in [0.2, 0.25) is 0 Å². The summed E-state index contributed by atoms with van der Waals surface area (Å²) in [5.41, 5.74) is 3.61. The SMILES string of the molecule is CC(Oc1ccccc1C(C)C)C(=O)NCc1ccccc1CN1CCCCC1. The van der Waals surface area contributed by atoms with Crippen LogP contribution in [-0.4, -0.2) is 30.0 Å². The Morgan fingerprint density at radius 1 is 0.966 bits per heavy atom. The molecule has 0 aromatic heterocycles. The summed E-state index contributed by atoms with van der Waals surface area (Å²) >= 11 is 0. The van der Waals surface area contributed by atoms with Gasteiger partial charge in [0, 0.05) is 13.1 Å². The fraction of sp³-hybridized carbons (Fsp3) is 0.480. The van der Waals surface area contributed by atoms with Crippen LogP contribution >= 0.6 is 0 Å². The van der Waals surface area contributed by atoms with Gasteiger partial charge in [-0.05, 0) is 61.5 Å². The van der Waals surface area contributed by atoms with Crippen molar-refractivity contribution in [3.8, 4) is 5.75 Å². The van der Waals surface area contributed by atoms with E-state index in [4.69, 9.17) is 4.74 Å². The number of carbonyl (C=O) groups excluding carboxylic acids is 1. The van der Waals surface area contributed by atoms with E-state index in [-0.39, 0.29) is 5.91 Å². The van der Waals surface area contributed by atoms with Crippen molar-refractivity contribution < 1.29 is 9.53 Å². The van der Waals surface area contributed by atoms with Crippen molar-refractivity contribution in [1.82, 2.24) is 10.2 Å². The molecule has 0 saturated carbocycles. The molecular weight excluding hydrogens is 360 g/mol. The minimum Gasteiger partial charge on any atom is -0.481 e. The van der Waals surface area contributed by atoms with Crippen molar-refractivity contribution in [1.29, 1.82) is 0 Å². The Hall–Kier alpha value is -2.33. The van der Waals surface area contributed by atoms with Crippen molar-refractivity contribution >= 4 is 5.91 Å². The Bertz CT molecular complexity index is 797. The van der Waals surface area contributed by atoms with Crippen molar-refractivity contribution in [3.63, 3.8) is 0 Å². The first-order valence-corrected chi connectivity index (χ1v) is 10.9. The van der Waals surface area contributed by atoms with Gasteiger partial charge in [-0.15, -0.1) is 0 Å². The van der Waals surface area contributed by atoms with Crippen LogP contribution in [0.2, 0.25) is 0 Å². The van der Waals surface area contributed by atoms with Crippen molar-refractivity contribution in [2.75, 3.05) is 13.1 Å². The lowest BCUT2D eigenvalue weighted by molar-refractivity contribution is -0.127. The minimum absolute atomic E-state index is 0.0867. The fourth-order valence-corrected chi connectivity index (χ4v) is 3.88. The zero-order valence-corrected chi connectivity index (χ0v) is 18.0. The zero-order valence-electron chi connectivity index (χ0n) is 18.0. The molecule has 2 aromatic carbocycles. The number of piperidine rings is 1. The Labute approximate surface area is 175 Å². The molecule has 156 valence electrons. The van der Waals surface area contributed by atoms with Gasteiger partial charge in [0.05, 0.1) is 0 Å². The molecule has 1 heterocycles. The minimum atomic E-state index is -0.538. The highest BCUT2D eigenvalue weighted by Gasteiger charge is 2.18. The fourth-order valence-electron chi connectivity index (χ4n) is 3.88. The number of para-hydroxylation sites is 1. The average Bonchev–Trinajstić information content (AvgIpc) is 2.74. The number of ether oxygens (including phenoxy) is 1. The third kappa shape index (κ3) is 6.07. The second kappa shape index (κ2) is 10.4. The van der Waals surface area contributed by atoms with Crippen molar-refractivity contribution in [3.05, 3.63) is 65.2 Å². The molecule has 1 saturated heterocycles. The van der Waals surface area contributed by atoms with Crippen LogP contribution in [0, 0.1) is 0 Å². The summed E-state index contributed by atoms with van der Waals surface area (Å²) in [5, 5.41) is 3.06. The Kier molecular flexibility index (Phi) is 7.70. The monoisotopic (exact) mass is 394 g/mol. The van der Waals surface area contributed by atoms with E-state index in [9.17, 15) is 4.79 Å². The number of hydrogen-bond donors (Lipinski definition) is 1. The molecule has 3 rings (SSSR count). The molecule has 0 radical (unpaired) electrons. The maximum atomic E-state index is 12.7. The van der Waals surface area contributed by atoms with E-state index >= 15 is 0 Å². The van der Waals surface area contributed by atoms with E-state index in [1.54, 1.807) is 0 Å². The van der Waals surface area contributed by atoms with Crippen LogP contribution in [0.1, 0.15) is 62.6 Å². The number of hydrogen-bond acceptors (Lipinski definition) is 3. The summed E-state index contributed by atoms with van der Waals surface area (Å²) < 4.78 is 5.99. The van der Waals surface area contributed by atoms with Gasteiger partial charge >= 0.3 is 0 Å². The molecule has 2 aromatic rings. The van der Waals surface area contributed by atoms with Gasteiger partial charge < -0.3 is 10.1 Å². The molecule has 1 fully saturated rings. The Morgan fingerprint density at radius 2 is 1.62 bits per heavy atom. The van der Waals surface area contributed by atoms with Gasteiger partial charge in [-0.1, -0.05) is 62.7 Å². The molecular formula is C25H34N2O2. The largest absolute Gasteiger partial charge is 0.481 e. The van der Waals surface area contributed by atoms with Gasteiger partial charge in [0.15, 0.2) is 6.10 Å². The molecule has 1 aliphatic rings. The standard InChI is InChI=1S/C25H34N2O2/c1-19(2)23-13-7-8-14-24(23)29-20(3)25(28)26-17-21-11-5-6-12-22(21)18-27-15-9-4-10-16-27/h5-8,11-14,19-20H,4,9-10,15-18H2,1-3H3,(H,26,28). The van der Waals surface area contributed by atoms with Crippen LogP contribution in [0.4, 0.5) is 0 Å². The number of likely N-dealkylation sites (tertiary alicyclic amines) is 1. The van der Waals surface area contributed by atoms with E-state index in [1.165, 1.54) is 43.5 Å². The van der Waals surface area contributed by atoms with Crippen LogP contribution in [0.5, 0.6) is 5.75 Å². The lowest BCUT2D eigenvalue weighted by atomic mass is 10.0. The molecule has 1 atom stereocenters. The third-order valence-electron chi connectivity index (χ3n) is 5.63. The number of rotatable bonds is 8. The summed E-state index contributed by atoms with van der Waals surface area (Å²) in [6.07, 6.45) is 3.37.